The second kappa shape index (κ2) is 3.23. The first-order chi connectivity index (χ1) is 7.24. The summed E-state index contributed by atoms with van der Waals surface area (Å²) in [5, 5.41) is 4.19. The van der Waals surface area contributed by atoms with Crippen molar-refractivity contribution >= 4 is 34.9 Å². The van der Waals surface area contributed by atoms with Crippen molar-refractivity contribution in [3.8, 4) is 0 Å². The summed E-state index contributed by atoms with van der Waals surface area (Å²) < 4.78 is 1.53. The fourth-order valence-corrected chi connectivity index (χ4v) is 3.71. The summed E-state index contributed by atoms with van der Waals surface area (Å²) in [5.41, 5.74) is 2.77. The fraction of sp³-hybridized carbons (Fsp3) is 0.143. The summed E-state index contributed by atoms with van der Waals surface area (Å²) in [4.78, 5) is 2.30. The predicted molar refractivity (Wildman–Crippen MR) is 67.9 cm³/mol. The van der Waals surface area contributed by atoms with Gasteiger partial charge in [-0.25, -0.2) is 0 Å². The molecule has 3 aromatic rings. The van der Waals surface area contributed by atoms with Crippen molar-refractivity contribution in [2.45, 2.75) is 13.8 Å². The van der Waals surface area contributed by atoms with Gasteiger partial charge in [0.2, 0.25) is 0 Å². The van der Waals surface area contributed by atoms with Crippen molar-refractivity contribution in [3.05, 3.63) is 46.4 Å². The Hall–Kier alpha value is -1.04. The third-order valence-electron chi connectivity index (χ3n) is 3.02. The number of fused-ring (bicyclic) bond motifs is 2. The van der Waals surface area contributed by atoms with Crippen molar-refractivity contribution in [1.82, 2.24) is 0 Å². The molecule has 0 saturated heterocycles. The molecule has 0 spiro atoms. The first-order valence-electron chi connectivity index (χ1n) is 5.12. The van der Waals surface area contributed by atoms with Crippen LogP contribution < -0.4 is 0 Å². The molecule has 0 amide bonds. The molecule has 2 aromatic carbocycles. The van der Waals surface area contributed by atoms with E-state index >= 15 is 0 Å². The average molecular weight is 259 g/mol. The second-order valence-corrected chi connectivity index (χ2v) is 6.08. The zero-order valence-electron chi connectivity index (χ0n) is 8.87. The van der Waals surface area contributed by atoms with E-state index < -0.39 is 0 Å². The maximum atomic E-state index is 2.36. The van der Waals surface area contributed by atoms with Gasteiger partial charge in [-0.15, -0.1) is 0 Å². The molecular weight excluding hydrogens is 247 g/mol. The van der Waals surface area contributed by atoms with E-state index in [-0.39, 0.29) is 0 Å². The Morgan fingerprint density at radius 1 is 0.800 bits per heavy atom. The molecule has 1 heteroatoms. The monoisotopic (exact) mass is 260 g/mol. The van der Waals surface area contributed by atoms with Crippen LogP contribution in [0, 0.1) is 13.8 Å². The first kappa shape index (κ1) is 9.20. The number of hydrogen-bond donors (Lipinski definition) is 0. The Morgan fingerprint density at radius 3 is 2.20 bits per heavy atom. The predicted octanol–water partition coefficient (Wildman–Crippen LogP) is 3.67. The molecule has 74 valence electrons. The molecule has 0 nitrogen and oxygen atoms in total. The van der Waals surface area contributed by atoms with Crippen molar-refractivity contribution in [1.29, 1.82) is 0 Å². The van der Waals surface area contributed by atoms with Gasteiger partial charge in [-0.2, -0.15) is 0 Å². The Kier molecular flexibility index (Phi) is 1.98. The minimum atomic E-state index is 0.558. The van der Waals surface area contributed by atoms with Crippen LogP contribution in [0.3, 0.4) is 0 Å². The molecule has 0 saturated carbocycles. The summed E-state index contributed by atoms with van der Waals surface area (Å²) in [6.45, 7) is 4.37. The van der Waals surface area contributed by atoms with Crippen LogP contribution in [0.2, 0.25) is 0 Å². The number of benzene rings is 2. The van der Waals surface area contributed by atoms with E-state index in [1.807, 2.05) is 0 Å². The summed E-state index contributed by atoms with van der Waals surface area (Å²) in [5.74, 6) is 0. The Morgan fingerprint density at radius 2 is 1.47 bits per heavy atom. The molecule has 0 unspecified atom stereocenters. The molecule has 15 heavy (non-hydrogen) atoms. The summed E-state index contributed by atoms with van der Waals surface area (Å²) in [6, 6.07) is 11.5. The van der Waals surface area contributed by atoms with Crippen LogP contribution in [-0.2, 0) is 0 Å². The molecular formula is C14H12Se. The van der Waals surface area contributed by atoms with Crippen LogP contribution in [0.4, 0.5) is 0 Å². The van der Waals surface area contributed by atoms with Crippen molar-refractivity contribution in [3.63, 3.8) is 0 Å². The Balaban J connectivity index is 2.49. The van der Waals surface area contributed by atoms with Gasteiger partial charge in [-0.05, 0) is 0 Å². The van der Waals surface area contributed by atoms with Crippen LogP contribution in [0.1, 0.15) is 11.1 Å². The molecule has 0 atom stereocenters. The third kappa shape index (κ3) is 1.43. The van der Waals surface area contributed by atoms with Crippen LogP contribution in [0.5, 0.6) is 0 Å². The van der Waals surface area contributed by atoms with Gasteiger partial charge in [0.15, 0.2) is 0 Å². The van der Waals surface area contributed by atoms with Gasteiger partial charge >= 0.3 is 95.2 Å². The van der Waals surface area contributed by atoms with E-state index in [2.05, 4.69) is 49.1 Å². The zero-order chi connectivity index (χ0) is 10.4. The van der Waals surface area contributed by atoms with Gasteiger partial charge in [0, 0.05) is 0 Å². The topological polar surface area (TPSA) is 0 Å². The minimum absolute atomic E-state index is 0.558. The van der Waals surface area contributed by atoms with E-state index in [4.69, 9.17) is 0 Å². The zero-order valence-corrected chi connectivity index (χ0v) is 10.6. The second-order valence-electron chi connectivity index (χ2n) is 4.09. The van der Waals surface area contributed by atoms with Gasteiger partial charge in [-0.1, -0.05) is 0 Å². The normalized spacial score (nSPS) is 11.3. The summed E-state index contributed by atoms with van der Waals surface area (Å²) in [7, 11) is 0. The Labute approximate surface area is 95.3 Å². The number of hydrogen-bond acceptors (Lipinski definition) is 0. The SMILES string of the molecule is Cc1cc2cc3cc[se]c3cc2cc1C. The average Bonchev–Trinajstić information content (AvgIpc) is 2.63. The van der Waals surface area contributed by atoms with Gasteiger partial charge < -0.3 is 0 Å². The quantitative estimate of drug-likeness (QED) is 0.540. The van der Waals surface area contributed by atoms with E-state index in [0.29, 0.717) is 14.5 Å². The number of rotatable bonds is 0. The number of aryl methyl sites for hydroxylation is 2. The van der Waals surface area contributed by atoms with Crippen LogP contribution >= 0.6 is 0 Å². The molecule has 0 N–H and O–H groups in total. The summed E-state index contributed by atoms with van der Waals surface area (Å²) >= 11 is 0.558. The molecule has 1 heterocycles. The van der Waals surface area contributed by atoms with Crippen molar-refractivity contribution < 1.29 is 0 Å². The Bertz CT molecular complexity index is 591. The van der Waals surface area contributed by atoms with Gasteiger partial charge in [0.05, 0.1) is 0 Å². The van der Waals surface area contributed by atoms with Crippen molar-refractivity contribution in [2.75, 3.05) is 0 Å². The van der Waals surface area contributed by atoms with Crippen LogP contribution in [-0.4, -0.2) is 14.5 Å². The van der Waals surface area contributed by atoms with E-state index in [1.54, 1.807) is 0 Å². The standard InChI is InChI=1S/C14H12Se/c1-9-5-12-7-11-3-4-15-14(11)8-13(12)6-10(9)2/h3-8H,1-2H3. The van der Waals surface area contributed by atoms with Crippen LogP contribution in [0.15, 0.2) is 35.3 Å². The van der Waals surface area contributed by atoms with Gasteiger partial charge in [0.1, 0.15) is 0 Å². The van der Waals surface area contributed by atoms with Crippen molar-refractivity contribution in [2.24, 2.45) is 0 Å². The molecule has 3 rings (SSSR count). The molecule has 0 aliphatic rings. The molecule has 0 aliphatic carbocycles. The fourth-order valence-electron chi connectivity index (χ4n) is 1.99. The van der Waals surface area contributed by atoms with E-state index in [9.17, 15) is 0 Å². The molecule has 0 fully saturated rings. The first-order valence-corrected chi connectivity index (χ1v) is 6.97. The van der Waals surface area contributed by atoms with Gasteiger partial charge in [-0.3, -0.25) is 0 Å². The molecule has 0 aliphatic heterocycles. The van der Waals surface area contributed by atoms with Crippen LogP contribution in [0.25, 0.3) is 20.4 Å². The molecule has 1 aromatic heterocycles. The molecule has 0 radical (unpaired) electrons. The van der Waals surface area contributed by atoms with Gasteiger partial charge in [0.25, 0.3) is 0 Å². The van der Waals surface area contributed by atoms with E-state index in [0.717, 1.165) is 0 Å². The third-order valence-corrected chi connectivity index (χ3v) is 4.87. The van der Waals surface area contributed by atoms with E-state index in [1.165, 1.54) is 31.5 Å². The maximum absolute atomic E-state index is 2.36. The summed E-state index contributed by atoms with van der Waals surface area (Å²) in [6.07, 6.45) is 0. The molecule has 0 bridgehead atoms.